The van der Waals surface area contributed by atoms with Crippen molar-refractivity contribution < 1.29 is 4.79 Å². The van der Waals surface area contributed by atoms with Gasteiger partial charge in [0.1, 0.15) is 0 Å². The zero-order chi connectivity index (χ0) is 9.84. The van der Waals surface area contributed by atoms with E-state index in [0.29, 0.717) is 5.02 Å². The standard InChI is InChI=1S/C9H11ClN2O/c1-6-3-4-8(10)5-9(6)12-11-7(2)13/h3-5,12H,1-2H3,(H,11,13). The molecule has 0 aliphatic heterocycles. The van der Waals surface area contributed by atoms with Crippen molar-refractivity contribution in [3.8, 4) is 0 Å². The van der Waals surface area contributed by atoms with E-state index >= 15 is 0 Å². The Morgan fingerprint density at radius 2 is 2.15 bits per heavy atom. The highest BCUT2D eigenvalue weighted by atomic mass is 35.5. The lowest BCUT2D eigenvalue weighted by molar-refractivity contribution is -0.118. The van der Waals surface area contributed by atoms with Gasteiger partial charge in [-0.05, 0) is 24.6 Å². The van der Waals surface area contributed by atoms with E-state index in [0.717, 1.165) is 11.3 Å². The molecule has 2 N–H and O–H groups in total. The van der Waals surface area contributed by atoms with Gasteiger partial charge in [-0.15, -0.1) is 0 Å². The van der Waals surface area contributed by atoms with Gasteiger partial charge in [0.05, 0.1) is 5.69 Å². The van der Waals surface area contributed by atoms with E-state index in [1.54, 1.807) is 12.1 Å². The zero-order valence-corrected chi connectivity index (χ0v) is 8.27. The van der Waals surface area contributed by atoms with Crippen LogP contribution in [0.1, 0.15) is 12.5 Å². The summed E-state index contributed by atoms with van der Waals surface area (Å²) in [6.45, 7) is 3.37. The van der Waals surface area contributed by atoms with Gasteiger partial charge in [0.15, 0.2) is 0 Å². The number of carbonyl (C=O) groups is 1. The monoisotopic (exact) mass is 198 g/mol. The maximum atomic E-state index is 10.6. The molecule has 70 valence electrons. The Morgan fingerprint density at radius 3 is 2.77 bits per heavy atom. The first-order chi connectivity index (χ1) is 6.09. The molecule has 1 aromatic rings. The zero-order valence-electron chi connectivity index (χ0n) is 7.52. The van der Waals surface area contributed by atoms with Gasteiger partial charge in [-0.25, -0.2) is 0 Å². The number of amides is 1. The fraction of sp³-hybridized carbons (Fsp3) is 0.222. The van der Waals surface area contributed by atoms with Crippen LogP contribution in [0.2, 0.25) is 5.02 Å². The van der Waals surface area contributed by atoms with E-state index in [-0.39, 0.29) is 5.91 Å². The van der Waals surface area contributed by atoms with E-state index in [1.807, 2.05) is 13.0 Å². The highest BCUT2D eigenvalue weighted by molar-refractivity contribution is 6.30. The maximum Gasteiger partial charge on any atom is 0.235 e. The largest absolute Gasteiger partial charge is 0.298 e. The lowest BCUT2D eigenvalue weighted by Gasteiger charge is -2.09. The Hall–Kier alpha value is -1.22. The number of anilines is 1. The minimum Gasteiger partial charge on any atom is -0.298 e. The highest BCUT2D eigenvalue weighted by Gasteiger charge is 1.98. The molecule has 0 unspecified atom stereocenters. The van der Waals surface area contributed by atoms with E-state index in [9.17, 15) is 4.79 Å². The Balaban J connectivity index is 2.75. The molecule has 0 fully saturated rings. The summed E-state index contributed by atoms with van der Waals surface area (Å²) in [5.74, 6) is -0.139. The van der Waals surface area contributed by atoms with Gasteiger partial charge in [0.2, 0.25) is 5.91 Å². The van der Waals surface area contributed by atoms with Crippen molar-refractivity contribution >= 4 is 23.2 Å². The van der Waals surface area contributed by atoms with E-state index in [2.05, 4.69) is 10.9 Å². The second kappa shape index (κ2) is 4.14. The average Bonchev–Trinajstić information content (AvgIpc) is 2.06. The molecule has 0 radical (unpaired) electrons. The van der Waals surface area contributed by atoms with Crippen LogP contribution < -0.4 is 10.9 Å². The number of rotatable bonds is 2. The van der Waals surface area contributed by atoms with Crippen LogP contribution in [-0.4, -0.2) is 5.91 Å². The number of benzene rings is 1. The number of carbonyl (C=O) groups excluding carboxylic acids is 1. The first kappa shape index (κ1) is 9.86. The van der Waals surface area contributed by atoms with Crippen LogP contribution in [0.25, 0.3) is 0 Å². The maximum absolute atomic E-state index is 10.6. The normalized spacial score (nSPS) is 9.46. The summed E-state index contributed by atoms with van der Waals surface area (Å²) in [5, 5.41) is 0.637. The Labute approximate surface area is 82.1 Å². The molecule has 0 saturated carbocycles. The topological polar surface area (TPSA) is 41.1 Å². The lowest BCUT2D eigenvalue weighted by Crippen LogP contribution is -2.26. The van der Waals surface area contributed by atoms with Crippen LogP contribution in [0, 0.1) is 6.92 Å². The molecular formula is C9H11ClN2O. The van der Waals surface area contributed by atoms with Crippen LogP contribution in [0.4, 0.5) is 5.69 Å². The minimum atomic E-state index is -0.139. The number of hydrazine groups is 1. The summed E-state index contributed by atoms with van der Waals surface area (Å²) in [5.41, 5.74) is 7.09. The number of hydrogen-bond donors (Lipinski definition) is 2. The molecule has 4 heteroatoms. The first-order valence-electron chi connectivity index (χ1n) is 3.88. The molecule has 0 aromatic heterocycles. The van der Waals surface area contributed by atoms with Crippen molar-refractivity contribution in [2.24, 2.45) is 0 Å². The smallest absolute Gasteiger partial charge is 0.235 e. The van der Waals surface area contributed by atoms with Crippen LogP contribution in [0.5, 0.6) is 0 Å². The minimum absolute atomic E-state index is 0.139. The quantitative estimate of drug-likeness (QED) is 0.715. The second-order valence-electron chi connectivity index (χ2n) is 2.77. The molecule has 1 amide bonds. The summed E-state index contributed by atoms with van der Waals surface area (Å²) in [6.07, 6.45) is 0. The van der Waals surface area contributed by atoms with Crippen LogP contribution in [-0.2, 0) is 4.79 Å². The van der Waals surface area contributed by atoms with Crippen LogP contribution in [0.3, 0.4) is 0 Å². The van der Waals surface area contributed by atoms with E-state index in [1.165, 1.54) is 6.92 Å². The van der Waals surface area contributed by atoms with Crippen molar-refractivity contribution in [1.82, 2.24) is 5.43 Å². The third-order valence-electron chi connectivity index (χ3n) is 1.57. The molecule has 3 nitrogen and oxygen atoms in total. The Bertz CT molecular complexity index is 325. The Morgan fingerprint density at radius 1 is 1.46 bits per heavy atom. The summed E-state index contributed by atoms with van der Waals surface area (Å²) in [7, 11) is 0. The van der Waals surface area contributed by atoms with Crippen LogP contribution >= 0.6 is 11.6 Å². The SMILES string of the molecule is CC(=O)NNc1cc(Cl)ccc1C. The molecule has 1 aromatic carbocycles. The number of halogens is 1. The number of hydrogen-bond acceptors (Lipinski definition) is 2. The van der Waals surface area contributed by atoms with Gasteiger partial charge >= 0.3 is 0 Å². The third kappa shape index (κ3) is 2.95. The third-order valence-corrected chi connectivity index (χ3v) is 1.81. The molecule has 0 aliphatic carbocycles. The summed E-state index contributed by atoms with van der Waals surface area (Å²) in [6, 6.07) is 5.44. The highest BCUT2D eigenvalue weighted by Crippen LogP contribution is 2.18. The lowest BCUT2D eigenvalue weighted by atomic mass is 10.2. The Kier molecular flexibility index (Phi) is 3.14. The van der Waals surface area contributed by atoms with Gasteiger partial charge in [0, 0.05) is 11.9 Å². The van der Waals surface area contributed by atoms with Crippen molar-refractivity contribution in [2.45, 2.75) is 13.8 Å². The molecule has 13 heavy (non-hydrogen) atoms. The second-order valence-corrected chi connectivity index (χ2v) is 3.20. The van der Waals surface area contributed by atoms with Gasteiger partial charge in [-0.1, -0.05) is 17.7 Å². The van der Waals surface area contributed by atoms with Gasteiger partial charge < -0.3 is 0 Å². The molecule has 0 heterocycles. The fourth-order valence-corrected chi connectivity index (χ4v) is 1.06. The molecular weight excluding hydrogens is 188 g/mol. The average molecular weight is 199 g/mol. The molecule has 0 atom stereocenters. The molecule has 0 aliphatic rings. The predicted octanol–water partition coefficient (Wildman–Crippen LogP) is 2.11. The van der Waals surface area contributed by atoms with Gasteiger partial charge in [-0.2, -0.15) is 0 Å². The van der Waals surface area contributed by atoms with Gasteiger partial charge in [-0.3, -0.25) is 15.6 Å². The van der Waals surface area contributed by atoms with E-state index in [4.69, 9.17) is 11.6 Å². The van der Waals surface area contributed by atoms with Crippen LogP contribution in [0.15, 0.2) is 18.2 Å². The summed E-state index contributed by atoms with van der Waals surface area (Å²) < 4.78 is 0. The fourth-order valence-electron chi connectivity index (χ4n) is 0.884. The molecule has 0 saturated heterocycles. The van der Waals surface area contributed by atoms with Crippen molar-refractivity contribution in [3.63, 3.8) is 0 Å². The molecule has 0 spiro atoms. The van der Waals surface area contributed by atoms with Crippen molar-refractivity contribution in [1.29, 1.82) is 0 Å². The van der Waals surface area contributed by atoms with Crippen molar-refractivity contribution in [2.75, 3.05) is 5.43 Å². The summed E-state index contributed by atoms with van der Waals surface area (Å²) in [4.78, 5) is 10.6. The summed E-state index contributed by atoms with van der Waals surface area (Å²) >= 11 is 5.78. The van der Waals surface area contributed by atoms with E-state index < -0.39 is 0 Å². The molecule has 0 bridgehead atoms. The van der Waals surface area contributed by atoms with Crippen molar-refractivity contribution in [3.05, 3.63) is 28.8 Å². The molecule has 1 rings (SSSR count). The number of aryl methyl sites for hydroxylation is 1. The number of nitrogens with one attached hydrogen (secondary N) is 2. The predicted molar refractivity (Wildman–Crippen MR) is 53.6 cm³/mol. The first-order valence-corrected chi connectivity index (χ1v) is 4.26. The van der Waals surface area contributed by atoms with Gasteiger partial charge in [0.25, 0.3) is 0 Å².